The van der Waals surface area contributed by atoms with Crippen molar-refractivity contribution >= 4 is 38.7 Å². The largest absolute Gasteiger partial charge is 0.460 e. The van der Waals surface area contributed by atoms with E-state index in [1.165, 1.54) is 5.39 Å². The number of rotatable bonds is 3. The lowest BCUT2D eigenvalue weighted by Crippen LogP contribution is -1.86. The molecule has 0 aliphatic rings. The van der Waals surface area contributed by atoms with Gasteiger partial charge in [-0.1, -0.05) is 29.8 Å². The van der Waals surface area contributed by atoms with Gasteiger partial charge in [0, 0.05) is 9.86 Å². The molecule has 2 rings (SSSR count). The summed E-state index contributed by atoms with van der Waals surface area (Å²) in [6.45, 7) is 4.40. The molecule has 3 heteroatoms. The summed E-state index contributed by atoms with van der Waals surface area (Å²) in [5.74, 6) is 2.01. The van der Waals surface area contributed by atoms with Crippen LogP contribution in [-0.2, 0) is 5.75 Å². The van der Waals surface area contributed by atoms with E-state index in [9.17, 15) is 0 Å². The number of halogens is 1. The topological polar surface area (TPSA) is 13.1 Å². The van der Waals surface area contributed by atoms with Crippen LogP contribution in [-0.4, -0.2) is 5.25 Å². The molecule has 1 aromatic heterocycles. The summed E-state index contributed by atoms with van der Waals surface area (Å²) in [7, 11) is 0. The highest BCUT2D eigenvalue weighted by molar-refractivity contribution is 9.10. The molecular formula is C12H13BrOS. The van der Waals surface area contributed by atoms with Crippen molar-refractivity contribution in [3.63, 3.8) is 0 Å². The van der Waals surface area contributed by atoms with Gasteiger partial charge in [-0.2, -0.15) is 11.8 Å². The zero-order valence-electron chi connectivity index (χ0n) is 8.79. The smallest absolute Gasteiger partial charge is 0.134 e. The predicted molar refractivity (Wildman–Crippen MR) is 70.3 cm³/mol. The maximum Gasteiger partial charge on any atom is 0.134 e. The third kappa shape index (κ3) is 2.79. The summed E-state index contributed by atoms with van der Waals surface area (Å²) in [5.41, 5.74) is 0.970. The highest BCUT2D eigenvalue weighted by Crippen LogP contribution is 2.26. The van der Waals surface area contributed by atoms with Crippen molar-refractivity contribution in [3.05, 3.63) is 34.5 Å². The van der Waals surface area contributed by atoms with Crippen LogP contribution in [0.25, 0.3) is 11.0 Å². The lowest BCUT2D eigenvalue weighted by Gasteiger charge is -2.00. The third-order valence-corrected chi connectivity index (χ3v) is 3.70. The Labute approximate surface area is 102 Å². The number of hydrogen-bond acceptors (Lipinski definition) is 2. The average molecular weight is 285 g/mol. The van der Waals surface area contributed by atoms with Crippen molar-refractivity contribution in [3.8, 4) is 0 Å². The average Bonchev–Trinajstić information content (AvgIpc) is 2.56. The quantitative estimate of drug-likeness (QED) is 0.800. The van der Waals surface area contributed by atoms with Gasteiger partial charge in [0.15, 0.2) is 0 Å². The second kappa shape index (κ2) is 4.62. The van der Waals surface area contributed by atoms with Crippen LogP contribution >= 0.6 is 27.7 Å². The number of thioether (sulfide) groups is 1. The zero-order chi connectivity index (χ0) is 10.8. The molecule has 0 aliphatic heterocycles. The molecule has 0 aliphatic carbocycles. The van der Waals surface area contributed by atoms with Gasteiger partial charge in [-0.25, -0.2) is 0 Å². The van der Waals surface area contributed by atoms with E-state index in [4.69, 9.17) is 4.42 Å². The monoisotopic (exact) mass is 284 g/mol. The molecule has 0 saturated heterocycles. The van der Waals surface area contributed by atoms with E-state index in [-0.39, 0.29) is 0 Å². The molecule has 1 aromatic carbocycles. The van der Waals surface area contributed by atoms with E-state index in [0.717, 1.165) is 21.6 Å². The van der Waals surface area contributed by atoms with Crippen molar-refractivity contribution in [1.82, 2.24) is 0 Å². The lowest BCUT2D eigenvalue weighted by molar-refractivity contribution is 0.574. The van der Waals surface area contributed by atoms with E-state index in [1.807, 2.05) is 23.9 Å². The fourth-order valence-corrected chi connectivity index (χ4v) is 2.41. The van der Waals surface area contributed by atoms with Crippen LogP contribution in [0.1, 0.15) is 19.6 Å². The molecule has 1 heterocycles. The standard InChI is InChI=1S/C12H13BrOS/c1-8(2)15-7-11-6-9-5-10(13)3-4-12(9)14-11/h3-6,8H,7H2,1-2H3. The summed E-state index contributed by atoms with van der Waals surface area (Å²) in [5, 5.41) is 1.81. The summed E-state index contributed by atoms with van der Waals surface area (Å²) >= 11 is 5.36. The van der Waals surface area contributed by atoms with Gasteiger partial charge in [-0.3, -0.25) is 0 Å². The Balaban J connectivity index is 2.23. The fourth-order valence-electron chi connectivity index (χ4n) is 1.39. The molecule has 15 heavy (non-hydrogen) atoms. The van der Waals surface area contributed by atoms with E-state index in [1.54, 1.807) is 0 Å². The van der Waals surface area contributed by atoms with Gasteiger partial charge >= 0.3 is 0 Å². The molecule has 0 amide bonds. The molecule has 1 nitrogen and oxygen atoms in total. The molecule has 0 unspecified atom stereocenters. The van der Waals surface area contributed by atoms with Crippen LogP contribution in [0.5, 0.6) is 0 Å². The Morgan fingerprint density at radius 3 is 2.87 bits per heavy atom. The Hall–Kier alpha value is -0.410. The van der Waals surface area contributed by atoms with Crippen molar-refractivity contribution in [2.75, 3.05) is 0 Å². The molecule has 0 radical (unpaired) electrons. The fraction of sp³-hybridized carbons (Fsp3) is 0.333. The maximum absolute atomic E-state index is 5.73. The minimum atomic E-state index is 0.643. The highest BCUT2D eigenvalue weighted by atomic mass is 79.9. The summed E-state index contributed by atoms with van der Waals surface area (Å²) < 4.78 is 6.83. The van der Waals surface area contributed by atoms with Crippen LogP contribution < -0.4 is 0 Å². The number of furan rings is 1. The molecule has 0 atom stereocenters. The van der Waals surface area contributed by atoms with Gasteiger partial charge in [0.1, 0.15) is 11.3 Å². The second-order valence-electron chi connectivity index (χ2n) is 3.75. The minimum Gasteiger partial charge on any atom is -0.460 e. The van der Waals surface area contributed by atoms with Gasteiger partial charge in [0.2, 0.25) is 0 Å². The summed E-state index contributed by atoms with van der Waals surface area (Å²) in [6.07, 6.45) is 0. The van der Waals surface area contributed by atoms with Crippen molar-refractivity contribution in [2.24, 2.45) is 0 Å². The molecule has 0 N–H and O–H groups in total. The van der Waals surface area contributed by atoms with E-state index < -0.39 is 0 Å². The molecular weight excluding hydrogens is 272 g/mol. The molecule has 0 spiro atoms. The number of fused-ring (bicyclic) bond motifs is 1. The van der Waals surface area contributed by atoms with Gasteiger partial charge < -0.3 is 4.42 Å². The second-order valence-corrected chi connectivity index (χ2v) is 6.24. The molecule has 80 valence electrons. The molecule has 2 aromatic rings. The first-order chi connectivity index (χ1) is 7.15. The molecule has 0 fully saturated rings. The van der Waals surface area contributed by atoms with Crippen LogP contribution in [0.2, 0.25) is 0 Å². The van der Waals surface area contributed by atoms with Crippen LogP contribution in [0.3, 0.4) is 0 Å². The van der Waals surface area contributed by atoms with Gasteiger partial charge in [0.05, 0.1) is 5.75 Å². The Bertz CT molecular complexity index is 462. The lowest BCUT2D eigenvalue weighted by atomic mass is 10.2. The molecule has 0 saturated carbocycles. The highest BCUT2D eigenvalue weighted by Gasteiger charge is 2.05. The van der Waals surface area contributed by atoms with Gasteiger partial charge in [-0.15, -0.1) is 0 Å². The Kier molecular flexibility index (Phi) is 3.42. The maximum atomic E-state index is 5.73. The van der Waals surface area contributed by atoms with Crippen molar-refractivity contribution in [2.45, 2.75) is 24.9 Å². The van der Waals surface area contributed by atoms with E-state index in [0.29, 0.717) is 5.25 Å². The Morgan fingerprint density at radius 1 is 1.33 bits per heavy atom. The van der Waals surface area contributed by atoms with Crippen LogP contribution in [0.15, 0.2) is 33.2 Å². The van der Waals surface area contributed by atoms with Gasteiger partial charge in [0.25, 0.3) is 0 Å². The predicted octanol–water partition coefficient (Wildman–Crippen LogP) is 4.84. The number of benzene rings is 1. The third-order valence-electron chi connectivity index (χ3n) is 2.09. The van der Waals surface area contributed by atoms with Gasteiger partial charge in [-0.05, 0) is 29.5 Å². The first kappa shape index (κ1) is 11.1. The SMILES string of the molecule is CC(C)SCc1cc2cc(Br)ccc2o1. The Morgan fingerprint density at radius 2 is 2.13 bits per heavy atom. The van der Waals surface area contributed by atoms with E-state index >= 15 is 0 Å². The first-order valence-corrected chi connectivity index (χ1v) is 6.79. The minimum absolute atomic E-state index is 0.643. The summed E-state index contributed by atoms with van der Waals surface area (Å²) in [4.78, 5) is 0. The normalized spacial score (nSPS) is 11.5. The summed E-state index contributed by atoms with van der Waals surface area (Å²) in [6, 6.07) is 8.21. The van der Waals surface area contributed by atoms with Crippen LogP contribution in [0.4, 0.5) is 0 Å². The van der Waals surface area contributed by atoms with Crippen molar-refractivity contribution in [1.29, 1.82) is 0 Å². The first-order valence-electron chi connectivity index (χ1n) is 4.95. The molecule has 0 bridgehead atoms. The van der Waals surface area contributed by atoms with Crippen molar-refractivity contribution < 1.29 is 4.42 Å². The number of hydrogen-bond donors (Lipinski definition) is 0. The van der Waals surface area contributed by atoms with Crippen LogP contribution in [0, 0.1) is 0 Å². The zero-order valence-corrected chi connectivity index (χ0v) is 11.2. The van der Waals surface area contributed by atoms with E-state index in [2.05, 4.69) is 41.9 Å².